The van der Waals surface area contributed by atoms with E-state index in [0.717, 1.165) is 80.4 Å². The SMILES string of the molecule is C#C[C@]1(O)CC[C@H]2[C@@H]3CCc4cc(OC)c(N5CCN(C(O)[C@@H]6CCCN6C(=O)c6ccc7ccccc7n6)CC5)cc4[C@H]3CC[C@@]21C. The van der Waals surface area contributed by atoms with Gasteiger partial charge in [-0.1, -0.05) is 37.1 Å². The number of methoxy groups -OCH3 is 1. The predicted octanol–water partition coefficient (Wildman–Crippen LogP) is 5.21. The molecule has 5 aliphatic rings. The summed E-state index contributed by atoms with van der Waals surface area (Å²) in [7, 11) is 1.76. The number of anilines is 1. The molecule has 0 spiro atoms. The third-order valence-electron chi connectivity index (χ3n) is 13.2. The highest BCUT2D eigenvalue weighted by atomic mass is 16.5. The Balaban J connectivity index is 0.968. The minimum atomic E-state index is -0.992. The van der Waals surface area contributed by atoms with Gasteiger partial charge in [0.1, 0.15) is 23.3 Å². The molecule has 8 nitrogen and oxygen atoms in total. The van der Waals surface area contributed by atoms with Crippen LogP contribution in [0.2, 0.25) is 0 Å². The van der Waals surface area contributed by atoms with Crippen LogP contribution in [0.25, 0.3) is 10.9 Å². The van der Waals surface area contributed by atoms with E-state index in [4.69, 9.17) is 11.2 Å². The lowest BCUT2D eigenvalue weighted by molar-refractivity contribution is -0.0646. The number of hydrogen-bond acceptors (Lipinski definition) is 7. The highest BCUT2D eigenvalue weighted by Crippen LogP contribution is 2.64. The molecular formula is C40H48N4O4. The second-order valence-electron chi connectivity index (χ2n) is 15.2. The van der Waals surface area contributed by atoms with Crippen LogP contribution < -0.4 is 9.64 Å². The van der Waals surface area contributed by atoms with Crippen molar-refractivity contribution >= 4 is 22.5 Å². The van der Waals surface area contributed by atoms with Crippen molar-refractivity contribution in [3.63, 3.8) is 0 Å². The number of piperazine rings is 1. The van der Waals surface area contributed by atoms with Crippen LogP contribution in [0.4, 0.5) is 5.69 Å². The van der Waals surface area contributed by atoms with Crippen LogP contribution in [-0.4, -0.2) is 88.6 Å². The van der Waals surface area contributed by atoms with Crippen LogP contribution in [0.1, 0.15) is 79.4 Å². The first-order valence-electron chi connectivity index (χ1n) is 18.0. The van der Waals surface area contributed by atoms with E-state index < -0.39 is 11.8 Å². The molecule has 2 saturated heterocycles. The number of carbonyl (C=O) groups excluding carboxylic acids is 1. The van der Waals surface area contributed by atoms with E-state index in [2.05, 4.69) is 39.8 Å². The Morgan fingerprint density at radius 2 is 1.85 bits per heavy atom. The van der Waals surface area contributed by atoms with Gasteiger partial charge in [0.25, 0.3) is 5.91 Å². The minimum absolute atomic E-state index is 0.109. The van der Waals surface area contributed by atoms with Crippen molar-refractivity contribution in [2.45, 2.75) is 82.1 Å². The molecule has 252 valence electrons. The number of hydrogen-bond donors (Lipinski definition) is 2. The fourth-order valence-corrected chi connectivity index (χ4v) is 10.4. The number of pyridine rings is 1. The van der Waals surface area contributed by atoms with Crippen molar-refractivity contribution in [3.05, 3.63) is 65.4 Å². The van der Waals surface area contributed by atoms with E-state index in [-0.39, 0.29) is 17.4 Å². The minimum Gasteiger partial charge on any atom is -0.495 e. The van der Waals surface area contributed by atoms with Gasteiger partial charge >= 0.3 is 0 Å². The molecule has 2 aliphatic heterocycles. The van der Waals surface area contributed by atoms with Crippen LogP contribution in [0.3, 0.4) is 0 Å². The fourth-order valence-electron chi connectivity index (χ4n) is 10.4. The van der Waals surface area contributed by atoms with Gasteiger partial charge in [0.05, 0.1) is 24.4 Å². The molecule has 3 aliphatic carbocycles. The zero-order valence-corrected chi connectivity index (χ0v) is 28.3. The number of benzene rings is 2. The zero-order chi connectivity index (χ0) is 33.2. The maximum atomic E-state index is 13.6. The number of aromatic nitrogens is 1. The number of amides is 1. The number of aryl methyl sites for hydroxylation is 1. The first kappa shape index (κ1) is 31.6. The average molecular weight is 649 g/mol. The first-order valence-corrected chi connectivity index (χ1v) is 18.0. The van der Waals surface area contributed by atoms with Crippen LogP contribution >= 0.6 is 0 Å². The molecular weight excluding hydrogens is 600 g/mol. The molecule has 0 bridgehead atoms. The summed E-state index contributed by atoms with van der Waals surface area (Å²) in [5, 5.41) is 24.0. The molecule has 1 unspecified atom stereocenters. The van der Waals surface area contributed by atoms with Crippen LogP contribution in [-0.2, 0) is 6.42 Å². The lowest BCUT2D eigenvalue weighted by atomic mass is 9.53. The third kappa shape index (κ3) is 4.92. The summed E-state index contributed by atoms with van der Waals surface area (Å²) < 4.78 is 5.98. The molecule has 48 heavy (non-hydrogen) atoms. The smallest absolute Gasteiger partial charge is 0.272 e. The van der Waals surface area contributed by atoms with E-state index >= 15 is 0 Å². The van der Waals surface area contributed by atoms with Crippen molar-refractivity contribution in [2.75, 3.05) is 44.7 Å². The van der Waals surface area contributed by atoms with Crippen molar-refractivity contribution in [1.29, 1.82) is 0 Å². The van der Waals surface area contributed by atoms with Crippen LogP contribution in [0.5, 0.6) is 5.75 Å². The van der Waals surface area contributed by atoms with Crippen molar-refractivity contribution in [3.8, 4) is 18.1 Å². The molecule has 0 radical (unpaired) electrons. The van der Waals surface area contributed by atoms with E-state index in [1.54, 1.807) is 13.2 Å². The summed E-state index contributed by atoms with van der Waals surface area (Å²) in [5.41, 5.74) is 4.01. The Morgan fingerprint density at radius 1 is 1.04 bits per heavy atom. The number of rotatable bonds is 5. The Morgan fingerprint density at radius 3 is 2.65 bits per heavy atom. The molecule has 1 amide bonds. The second kappa shape index (κ2) is 12.0. The van der Waals surface area contributed by atoms with Gasteiger partial charge in [0.15, 0.2) is 0 Å². The lowest BCUT2D eigenvalue weighted by Crippen LogP contribution is -2.57. The van der Waals surface area contributed by atoms with Crippen molar-refractivity contribution in [1.82, 2.24) is 14.8 Å². The lowest BCUT2D eigenvalue weighted by Gasteiger charge is -2.52. The average Bonchev–Trinajstić information content (AvgIpc) is 3.73. The summed E-state index contributed by atoms with van der Waals surface area (Å²) in [4.78, 5) is 24.7. The quantitative estimate of drug-likeness (QED) is 0.368. The largest absolute Gasteiger partial charge is 0.495 e. The van der Waals surface area contributed by atoms with Crippen LogP contribution in [0.15, 0.2) is 48.5 Å². The molecule has 2 N–H and O–H groups in total. The molecule has 2 saturated carbocycles. The van der Waals surface area contributed by atoms with Gasteiger partial charge in [-0.15, -0.1) is 6.42 Å². The summed E-state index contributed by atoms with van der Waals surface area (Å²) in [6.45, 7) is 5.80. The van der Waals surface area contributed by atoms with Gasteiger partial charge in [-0.05, 0) is 105 Å². The number of ether oxygens (including phenoxy) is 1. The Bertz CT molecular complexity index is 1760. The molecule has 7 atom stereocenters. The number of carbonyl (C=O) groups is 1. The molecule has 8 heteroatoms. The summed E-state index contributed by atoms with van der Waals surface area (Å²) in [6.07, 6.45) is 12.7. The molecule has 8 rings (SSSR count). The third-order valence-corrected chi connectivity index (χ3v) is 13.2. The number of para-hydroxylation sites is 1. The maximum Gasteiger partial charge on any atom is 0.272 e. The van der Waals surface area contributed by atoms with Crippen molar-refractivity contribution < 1.29 is 19.7 Å². The summed E-state index contributed by atoms with van der Waals surface area (Å²) in [6, 6.07) is 16.0. The molecule has 1 aromatic heterocycles. The van der Waals surface area contributed by atoms with Gasteiger partial charge < -0.3 is 24.7 Å². The van der Waals surface area contributed by atoms with Gasteiger partial charge in [-0.25, -0.2) is 4.98 Å². The number of fused-ring (bicyclic) bond motifs is 6. The van der Waals surface area contributed by atoms with E-state index in [9.17, 15) is 15.0 Å². The van der Waals surface area contributed by atoms with Gasteiger partial charge in [0.2, 0.25) is 0 Å². The van der Waals surface area contributed by atoms with Crippen LogP contribution in [0, 0.1) is 29.6 Å². The highest BCUT2D eigenvalue weighted by molar-refractivity contribution is 5.95. The van der Waals surface area contributed by atoms with E-state index in [1.165, 1.54) is 11.1 Å². The Labute approximate surface area is 284 Å². The highest BCUT2D eigenvalue weighted by Gasteiger charge is 2.61. The normalized spacial score (nSPS) is 32.3. The molecule has 2 aromatic carbocycles. The van der Waals surface area contributed by atoms with Gasteiger partial charge in [0, 0.05) is 43.5 Å². The fraction of sp³-hybridized carbons (Fsp3) is 0.550. The topological polar surface area (TPSA) is 89.4 Å². The second-order valence-corrected chi connectivity index (χ2v) is 15.2. The number of terminal acetylenes is 1. The standard InChI is InChI=1S/C40H48N4O4/c1-4-40(47)18-16-31-29-13-11-27-24-36(48-3)35(25-30(27)28(29)15-17-39(31,40)2)42-20-22-43(23-21-42)38(46)34-10-7-19-44(34)37(45)33-14-12-26-8-5-6-9-32(26)41-33/h1,5-6,8-9,12,14,24-25,28-29,31,34,38,46-47H,7,10-11,13,15-23H2,2-3H3/t28-,29+,31-,34-,38?,39-,40-/m0/s1. The van der Waals surface area contributed by atoms with Crippen molar-refractivity contribution in [2.24, 2.45) is 17.3 Å². The van der Waals surface area contributed by atoms with Gasteiger partial charge in [-0.2, -0.15) is 0 Å². The number of nitrogens with zero attached hydrogens (tertiary/aromatic N) is 4. The summed E-state index contributed by atoms with van der Waals surface area (Å²) >= 11 is 0. The molecule has 4 fully saturated rings. The summed E-state index contributed by atoms with van der Waals surface area (Å²) in [5.74, 6) is 5.06. The number of likely N-dealkylation sites (tertiary alicyclic amines) is 1. The predicted molar refractivity (Wildman–Crippen MR) is 187 cm³/mol. The first-order chi connectivity index (χ1) is 23.2. The van der Waals surface area contributed by atoms with Gasteiger partial charge in [-0.3, -0.25) is 9.69 Å². The Hall–Kier alpha value is -3.64. The maximum absolute atomic E-state index is 13.6. The van der Waals surface area contributed by atoms with E-state index in [0.29, 0.717) is 49.5 Å². The monoisotopic (exact) mass is 648 g/mol. The molecule has 3 aromatic rings. The number of aliphatic hydroxyl groups excluding tert-OH is 1. The Kier molecular flexibility index (Phi) is 7.94. The van der Waals surface area contributed by atoms with E-state index in [1.807, 2.05) is 35.2 Å². The zero-order valence-electron chi connectivity index (χ0n) is 28.3. The molecule has 3 heterocycles. The number of aliphatic hydroxyl groups is 2.